The van der Waals surface area contributed by atoms with Gasteiger partial charge in [0.25, 0.3) is 0 Å². The van der Waals surface area contributed by atoms with E-state index in [0.29, 0.717) is 0 Å². The minimum atomic E-state index is 0.725. The van der Waals surface area contributed by atoms with Crippen LogP contribution < -0.4 is 0 Å². The highest BCUT2D eigenvalue weighted by molar-refractivity contribution is 6.00. The summed E-state index contributed by atoms with van der Waals surface area (Å²) < 4.78 is 0. The quantitative estimate of drug-likeness (QED) is 0.383. The molecule has 3 aromatic rings. The summed E-state index contributed by atoms with van der Waals surface area (Å²) in [6, 6.07) is 19.4. The first-order valence-electron chi connectivity index (χ1n) is 5.14. The molecular weight excluding hydrogens is 192 g/mol. The van der Waals surface area contributed by atoms with E-state index >= 15 is 0 Å². The zero-order valence-electron chi connectivity index (χ0n) is 8.62. The zero-order valence-corrected chi connectivity index (χ0v) is 8.62. The highest BCUT2D eigenvalue weighted by atomic mass is 14.0. The first-order valence-corrected chi connectivity index (χ1v) is 5.14. The summed E-state index contributed by atoms with van der Waals surface area (Å²) >= 11 is 0. The van der Waals surface area contributed by atoms with E-state index in [4.69, 9.17) is 6.42 Å². The number of hydrogen-bond acceptors (Lipinski definition) is 0. The van der Waals surface area contributed by atoms with Crippen molar-refractivity contribution in [2.75, 3.05) is 0 Å². The Bertz CT molecular complexity index is 715. The molecule has 0 fully saturated rings. The van der Waals surface area contributed by atoms with Crippen LogP contribution in [0, 0.1) is 18.4 Å². The van der Waals surface area contributed by atoms with E-state index in [1.807, 2.05) is 24.3 Å². The molecule has 0 nitrogen and oxygen atoms in total. The van der Waals surface area contributed by atoms with Crippen molar-refractivity contribution in [3.63, 3.8) is 0 Å². The molecule has 2 radical (unpaired) electrons. The third kappa shape index (κ3) is 1.26. The summed E-state index contributed by atoms with van der Waals surface area (Å²) in [5.74, 6) is 2.43. The Kier molecular flexibility index (Phi) is 1.91. The average molecular weight is 200 g/mol. The first-order chi connectivity index (χ1) is 7.88. The van der Waals surface area contributed by atoms with Gasteiger partial charge >= 0.3 is 0 Å². The minimum Gasteiger partial charge on any atom is -0.0616 e. The molecule has 0 aromatic heterocycles. The van der Waals surface area contributed by atoms with Crippen LogP contribution in [0.4, 0.5) is 0 Å². The van der Waals surface area contributed by atoms with Gasteiger partial charge in [0, 0.05) is 5.56 Å². The molecule has 0 heteroatoms. The summed E-state index contributed by atoms with van der Waals surface area (Å²) in [4.78, 5) is 0. The van der Waals surface area contributed by atoms with Crippen molar-refractivity contribution in [2.24, 2.45) is 0 Å². The topological polar surface area (TPSA) is 0 Å². The minimum absolute atomic E-state index is 0.725. The summed E-state index contributed by atoms with van der Waals surface area (Å²) in [5, 5.41) is 4.58. The first kappa shape index (κ1) is 9.00. The SMILES string of the molecule is [C]#Cc1[c]ccc2cc3ccccc3cc12. The van der Waals surface area contributed by atoms with Crippen LogP contribution in [0.25, 0.3) is 21.5 Å². The molecule has 0 atom stereocenters. The Labute approximate surface area is 94.5 Å². The molecule has 0 aliphatic rings. The number of hydrogen-bond donors (Lipinski definition) is 0. The van der Waals surface area contributed by atoms with Crippen LogP contribution in [-0.2, 0) is 0 Å². The molecular formula is C16H8. The summed E-state index contributed by atoms with van der Waals surface area (Å²) in [7, 11) is 0. The third-order valence-electron chi connectivity index (χ3n) is 2.80. The van der Waals surface area contributed by atoms with Crippen molar-refractivity contribution in [3.05, 3.63) is 66.6 Å². The van der Waals surface area contributed by atoms with Gasteiger partial charge < -0.3 is 0 Å². The van der Waals surface area contributed by atoms with Crippen molar-refractivity contribution in [2.45, 2.75) is 0 Å². The Morgan fingerprint density at radius 2 is 1.69 bits per heavy atom. The van der Waals surface area contributed by atoms with E-state index in [-0.39, 0.29) is 0 Å². The highest BCUT2D eigenvalue weighted by Crippen LogP contribution is 2.24. The molecule has 0 N–H and O–H groups in total. The van der Waals surface area contributed by atoms with Gasteiger partial charge in [-0.2, -0.15) is 0 Å². The van der Waals surface area contributed by atoms with E-state index in [2.05, 4.69) is 36.3 Å². The smallest absolute Gasteiger partial charge is 0.0413 e. The lowest BCUT2D eigenvalue weighted by Gasteiger charge is -2.03. The molecule has 0 aliphatic heterocycles. The monoisotopic (exact) mass is 200 g/mol. The predicted molar refractivity (Wildman–Crippen MR) is 66.5 cm³/mol. The van der Waals surface area contributed by atoms with Crippen LogP contribution in [0.5, 0.6) is 0 Å². The van der Waals surface area contributed by atoms with Gasteiger partial charge in [0.05, 0.1) is 0 Å². The molecule has 0 bridgehead atoms. The van der Waals surface area contributed by atoms with Gasteiger partial charge in [-0.1, -0.05) is 42.3 Å². The highest BCUT2D eigenvalue weighted by Gasteiger charge is 2.00. The van der Waals surface area contributed by atoms with Crippen molar-refractivity contribution < 1.29 is 0 Å². The van der Waals surface area contributed by atoms with Gasteiger partial charge in [-0.15, -0.1) is 0 Å². The Morgan fingerprint density at radius 3 is 2.44 bits per heavy atom. The average Bonchev–Trinajstić information content (AvgIpc) is 2.35. The number of rotatable bonds is 0. The van der Waals surface area contributed by atoms with Gasteiger partial charge in [0.2, 0.25) is 0 Å². The molecule has 0 spiro atoms. The second kappa shape index (κ2) is 3.40. The molecule has 0 saturated heterocycles. The van der Waals surface area contributed by atoms with Crippen LogP contribution in [0.2, 0.25) is 0 Å². The Morgan fingerprint density at radius 1 is 0.938 bits per heavy atom. The molecule has 3 rings (SSSR count). The van der Waals surface area contributed by atoms with E-state index in [0.717, 1.165) is 16.3 Å². The van der Waals surface area contributed by atoms with Gasteiger partial charge in [-0.3, -0.25) is 0 Å². The van der Waals surface area contributed by atoms with Gasteiger partial charge in [0.15, 0.2) is 0 Å². The van der Waals surface area contributed by atoms with E-state index in [9.17, 15) is 0 Å². The second-order valence-electron chi connectivity index (χ2n) is 3.76. The van der Waals surface area contributed by atoms with Crippen molar-refractivity contribution >= 4 is 21.5 Å². The third-order valence-corrected chi connectivity index (χ3v) is 2.80. The van der Waals surface area contributed by atoms with Crippen LogP contribution in [0.15, 0.2) is 48.5 Å². The van der Waals surface area contributed by atoms with Crippen LogP contribution in [-0.4, -0.2) is 0 Å². The van der Waals surface area contributed by atoms with Crippen LogP contribution in [0.3, 0.4) is 0 Å². The lowest BCUT2D eigenvalue weighted by atomic mass is 10.0. The largest absolute Gasteiger partial charge is 0.0616 e. The molecule has 0 heterocycles. The standard InChI is InChI=1S/C16H8/c1-2-12-8-5-9-15-10-13-6-3-4-7-14(13)11-16(12)15/h3-7,9-11H. The maximum atomic E-state index is 7.25. The Balaban J connectivity index is 2.52. The van der Waals surface area contributed by atoms with Crippen LogP contribution >= 0.6 is 0 Å². The number of fused-ring (bicyclic) bond motifs is 2. The molecule has 0 unspecified atom stereocenters. The van der Waals surface area contributed by atoms with Crippen molar-refractivity contribution in [1.82, 2.24) is 0 Å². The lowest BCUT2D eigenvalue weighted by molar-refractivity contribution is 1.70. The maximum absolute atomic E-state index is 7.25. The molecule has 0 aliphatic carbocycles. The fourth-order valence-corrected chi connectivity index (χ4v) is 2.01. The lowest BCUT2D eigenvalue weighted by Crippen LogP contribution is -1.81. The van der Waals surface area contributed by atoms with Gasteiger partial charge in [-0.25, -0.2) is 0 Å². The maximum Gasteiger partial charge on any atom is 0.0413 e. The van der Waals surface area contributed by atoms with Gasteiger partial charge in [-0.05, 0) is 46.2 Å². The molecule has 0 saturated carbocycles. The summed E-state index contributed by atoms with van der Waals surface area (Å²) in [6.45, 7) is 0. The molecule has 72 valence electrons. The van der Waals surface area contributed by atoms with E-state index in [1.54, 1.807) is 0 Å². The van der Waals surface area contributed by atoms with Crippen molar-refractivity contribution in [1.29, 1.82) is 0 Å². The fourth-order valence-electron chi connectivity index (χ4n) is 2.01. The molecule has 16 heavy (non-hydrogen) atoms. The summed E-state index contributed by atoms with van der Waals surface area (Å²) in [6.07, 6.45) is 7.25. The van der Waals surface area contributed by atoms with E-state index < -0.39 is 0 Å². The Hall–Kier alpha value is -2.26. The van der Waals surface area contributed by atoms with Crippen molar-refractivity contribution in [3.8, 4) is 5.92 Å². The van der Waals surface area contributed by atoms with Gasteiger partial charge in [0.1, 0.15) is 0 Å². The molecule has 3 aromatic carbocycles. The van der Waals surface area contributed by atoms with E-state index in [1.165, 1.54) is 10.8 Å². The molecule has 0 amide bonds. The fraction of sp³-hybridized carbons (Fsp3) is 0. The zero-order chi connectivity index (χ0) is 11.0. The second-order valence-corrected chi connectivity index (χ2v) is 3.76. The number of benzene rings is 3. The normalized spacial score (nSPS) is 10.4. The summed E-state index contributed by atoms with van der Waals surface area (Å²) in [5.41, 5.74) is 0.725. The van der Waals surface area contributed by atoms with Crippen LogP contribution in [0.1, 0.15) is 5.56 Å². The predicted octanol–water partition coefficient (Wildman–Crippen LogP) is 3.73.